The van der Waals surface area contributed by atoms with Gasteiger partial charge in [-0.1, -0.05) is 35.2 Å². The maximum atomic E-state index is 13.5. The van der Waals surface area contributed by atoms with E-state index in [2.05, 4.69) is 26.0 Å². The van der Waals surface area contributed by atoms with Crippen molar-refractivity contribution >= 4 is 38.7 Å². The minimum atomic E-state index is -0.527. The van der Waals surface area contributed by atoms with Gasteiger partial charge in [-0.25, -0.2) is 9.97 Å². The van der Waals surface area contributed by atoms with Crippen LogP contribution in [0.2, 0.25) is 0 Å². The molecule has 194 valence electrons. The summed E-state index contributed by atoms with van der Waals surface area (Å²) in [5.74, 6) is 1.82. The highest BCUT2D eigenvalue weighted by Gasteiger charge is 2.22. The average molecular weight is 578 g/mol. The van der Waals surface area contributed by atoms with Crippen molar-refractivity contribution in [3.05, 3.63) is 91.1 Å². The smallest absolute Gasteiger partial charge is 0.287 e. The third-order valence-electron chi connectivity index (χ3n) is 6.46. The van der Waals surface area contributed by atoms with E-state index < -0.39 is 4.92 Å². The molecule has 5 rings (SSSR count). The van der Waals surface area contributed by atoms with Crippen molar-refractivity contribution in [3.8, 4) is 17.4 Å². The normalized spacial score (nSPS) is 14.2. The molecule has 1 aliphatic carbocycles. The Hall–Kier alpha value is -4.12. The van der Waals surface area contributed by atoms with Gasteiger partial charge in [0.15, 0.2) is 11.5 Å². The molecule has 0 radical (unpaired) electrons. The molecule has 10 nitrogen and oxygen atoms in total. The van der Waals surface area contributed by atoms with Gasteiger partial charge < -0.3 is 9.47 Å². The summed E-state index contributed by atoms with van der Waals surface area (Å²) in [5.41, 5.74) is 0.994. The summed E-state index contributed by atoms with van der Waals surface area (Å²) in [4.78, 5) is 32.7. The van der Waals surface area contributed by atoms with Crippen LogP contribution in [0.3, 0.4) is 0 Å². The number of fused-ring (bicyclic) bond motifs is 1. The highest BCUT2D eigenvalue weighted by atomic mass is 79.9. The van der Waals surface area contributed by atoms with E-state index in [4.69, 9.17) is 14.5 Å². The van der Waals surface area contributed by atoms with Gasteiger partial charge in [0.25, 0.3) is 11.2 Å². The van der Waals surface area contributed by atoms with Crippen molar-refractivity contribution in [1.29, 1.82) is 0 Å². The second-order valence-electron chi connectivity index (χ2n) is 8.95. The Bertz CT molecular complexity index is 1580. The second kappa shape index (κ2) is 11.1. The van der Waals surface area contributed by atoms with Crippen LogP contribution < -0.4 is 15.0 Å². The fourth-order valence-corrected chi connectivity index (χ4v) is 4.89. The molecule has 0 atom stereocenters. The topological polar surface area (TPSA) is 122 Å². The van der Waals surface area contributed by atoms with Gasteiger partial charge in [0.1, 0.15) is 12.0 Å². The highest BCUT2D eigenvalue weighted by molar-refractivity contribution is 9.10. The molecule has 0 unspecified atom stereocenters. The van der Waals surface area contributed by atoms with Gasteiger partial charge in [0.2, 0.25) is 5.88 Å². The van der Waals surface area contributed by atoms with Crippen molar-refractivity contribution in [1.82, 2.24) is 14.6 Å². The molecule has 38 heavy (non-hydrogen) atoms. The third kappa shape index (κ3) is 5.42. The Balaban J connectivity index is 1.48. The van der Waals surface area contributed by atoms with Crippen LogP contribution >= 0.6 is 15.9 Å². The van der Waals surface area contributed by atoms with Crippen molar-refractivity contribution in [2.75, 3.05) is 7.11 Å². The fraction of sp³-hybridized carbons (Fsp3) is 0.259. The summed E-state index contributed by atoms with van der Waals surface area (Å²) in [5, 5.41) is 15.9. The van der Waals surface area contributed by atoms with Crippen molar-refractivity contribution in [2.24, 2.45) is 5.10 Å². The second-order valence-corrected chi connectivity index (χ2v) is 9.87. The number of methoxy groups -OCH3 is 1. The van der Waals surface area contributed by atoms with Gasteiger partial charge in [-0.05, 0) is 54.8 Å². The van der Waals surface area contributed by atoms with Gasteiger partial charge in [-0.3, -0.25) is 14.9 Å². The molecule has 11 heteroatoms. The average Bonchev–Trinajstić information content (AvgIpc) is 2.94. The number of ether oxygens (including phenoxy) is 2. The summed E-state index contributed by atoms with van der Waals surface area (Å²) in [6.45, 7) is 0. The first-order chi connectivity index (χ1) is 18.4. The van der Waals surface area contributed by atoms with Gasteiger partial charge >= 0.3 is 0 Å². The lowest BCUT2D eigenvalue weighted by Crippen LogP contribution is -2.25. The first-order valence-electron chi connectivity index (χ1n) is 12.2. The summed E-state index contributed by atoms with van der Waals surface area (Å²) < 4.78 is 13.5. The number of rotatable bonds is 7. The molecule has 0 bridgehead atoms. The predicted molar refractivity (Wildman–Crippen MR) is 146 cm³/mol. The van der Waals surface area contributed by atoms with E-state index in [9.17, 15) is 14.9 Å². The Kier molecular flexibility index (Phi) is 7.45. The minimum Gasteiger partial charge on any atom is -0.493 e. The fourth-order valence-electron chi connectivity index (χ4n) is 4.53. The number of nitro groups is 1. The molecule has 0 spiro atoms. The summed E-state index contributed by atoms with van der Waals surface area (Å²) in [6.07, 6.45) is 8.06. The van der Waals surface area contributed by atoms with Crippen LogP contribution in [-0.4, -0.2) is 32.9 Å². The van der Waals surface area contributed by atoms with Crippen molar-refractivity contribution in [2.45, 2.75) is 38.0 Å². The first-order valence-corrected chi connectivity index (χ1v) is 12.9. The lowest BCUT2D eigenvalue weighted by Gasteiger charge is -2.22. The number of nitrogens with zero attached hydrogens (tertiary/aromatic N) is 5. The number of hydrogen-bond acceptors (Lipinski definition) is 8. The van der Waals surface area contributed by atoms with Crippen LogP contribution in [0.1, 0.15) is 49.4 Å². The zero-order valence-electron chi connectivity index (χ0n) is 20.5. The lowest BCUT2D eigenvalue weighted by atomic mass is 9.88. The Morgan fingerprint density at radius 2 is 1.92 bits per heavy atom. The van der Waals surface area contributed by atoms with Crippen LogP contribution in [0.5, 0.6) is 17.4 Å². The van der Waals surface area contributed by atoms with E-state index in [0.29, 0.717) is 33.8 Å². The molecule has 0 saturated heterocycles. The van der Waals surface area contributed by atoms with E-state index >= 15 is 0 Å². The first kappa shape index (κ1) is 25.5. The number of halogens is 1. The molecule has 0 amide bonds. The third-order valence-corrected chi connectivity index (χ3v) is 6.95. The zero-order chi connectivity index (χ0) is 26.6. The molecule has 4 aromatic rings. The molecular weight excluding hydrogens is 554 g/mol. The SMILES string of the molecule is COc1cc(C=Nn2c(C3CCCCC3)nc3ccc(Br)cc3c2=O)ccc1Oc1ccc([N+](=O)[O-])cn1. The maximum Gasteiger partial charge on any atom is 0.287 e. The molecule has 0 aliphatic heterocycles. The van der Waals surface area contributed by atoms with Crippen LogP contribution in [0.15, 0.2) is 69.1 Å². The number of hydrogen-bond donors (Lipinski definition) is 0. The standard InChI is InChI=1S/C27H24BrN5O5/c1-37-24-13-17(7-11-23(24)38-25-12-9-20(16-29-25)33(35)36)15-30-32-26(18-5-3-2-4-6-18)31-22-10-8-19(28)14-21(22)27(32)34/h7-16,18H,2-6H2,1H3. The van der Waals surface area contributed by atoms with E-state index in [-0.39, 0.29) is 23.0 Å². The van der Waals surface area contributed by atoms with E-state index in [1.807, 2.05) is 12.1 Å². The van der Waals surface area contributed by atoms with Gasteiger partial charge in [-0.2, -0.15) is 9.78 Å². The van der Waals surface area contributed by atoms with Crippen LogP contribution in [-0.2, 0) is 0 Å². The molecule has 2 heterocycles. The van der Waals surface area contributed by atoms with Gasteiger partial charge in [-0.15, -0.1) is 0 Å². The quantitative estimate of drug-likeness (QED) is 0.146. The molecule has 2 aromatic heterocycles. The Labute approximate surface area is 226 Å². The predicted octanol–water partition coefficient (Wildman–Crippen LogP) is 6.19. The largest absolute Gasteiger partial charge is 0.493 e. The van der Waals surface area contributed by atoms with Gasteiger partial charge in [0.05, 0.1) is 29.2 Å². The van der Waals surface area contributed by atoms with Crippen LogP contribution in [0.4, 0.5) is 5.69 Å². The molecule has 1 saturated carbocycles. The van der Waals surface area contributed by atoms with Crippen LogP contribution in [0, 0.1) is 10.1 Å². The monoisotopic (exact) mass is 577 g/mol. The van der Waals surface area contributed by atoms with Crippen molar-refractivity contribution in [3.63, 3.8) is 0 Å². The summed E-state index contributed by atoms with van der Waals surface area (Å²) in [7, 11) is 1.50. The number of aromatic nitrogens is 3. The summed E-state index contributed by atoms with van der Waals surface area (Å²) >= 11 is 3.44. The summed E-state index contributed by atoms with van der Waals surface area (Å²) in [6, 6.07) is 13.4. The molecule has 1 aliphatic rings. The molecule has 1 fully saturated rings. The van der Waals surface area contributed by atoms with E-state index in [0.717, 1.165) is 36.4 Å². The van der Waals surface area contributed by atoms with Gasteiger partial charge in [0, 0.05) is 22.5 Å². The Morgan fingerprint density at radius 3 is 2.63 bits per heavy atom. The number of pyridine rings is 1. The highest BCUT2D eigenvalue weighted by Crippen LogP contribution is 2.33. The lowest BCUT2D eigenvalue weighted by molar-refractivity contribution is -0.385. The van der Waals surface area contributed by atoms with Crippen molar-refractivity contribution < 1.29 is 14.4 Å². The van der Waals surface area contributed by atoms with E-state index in [1.165, 1.54) is 30.3 Å². The molecule has 0 N–H and O–H groups in total. The zero-order valence-corrected chi connectivity index (χ0v) is 22.1. The number of benzene rings is 2. The maximum absolute atomic E-state index is 13.5. The molecule has 2 aromatic carbocycles. The van der Waals surface area contributed by atoms with Crippen LogP contribution in [0.25, 0.3) is 10.9 Å². The molecular formula is C27H24BrN5O5. The Morgan fingerprint density at radius 1 is 1.11 bits per heavy atom. The van der Waals surface area contributed by atoms with E-state index in [1.54, 1.807) is 30.5 Å². The minimum absolute atomic E-state index is 0.130.